The maximum atomic E-state index is 12.8. The lowest BCUT2D eigenvalue weighted by molar-refractivity contribution is -0.139. The van der Waals surface area contributed by atoms with Crippen LogP contribution in [0.5, 0.6) is 0 Å². The normalized spacial score (nSPS) is 16.9. The van der Waals surface area contributed by atoms with Gasteiger partial charge in [0.15, 0.2) is 0 Å². The summed E-state index contributed by atoms with van der Waals surface area (Å²) in [7, 11) is -3.35. The van der Waals surface area contributed by atoms with Crippen LogP contribution in [0.2, 0.25) is 0 Å². The molecule has 26 heavy (non-hydrogen) atoms. The van der Waals surface area contributed by atoms with Gasteiger partial charge in [-0.1, -0.05) is 33.6 Å². The molecule has 1 aromatic rings. The Balaban J connectivity index is 2.09. The van der Waals surface area contributed by atoms with Crippen LogP contribution in [-0.4, -0.2) is 53.9 Å². The van der Waals surface area contributed by atoms with Gasteiger partial charge in [0.1, 0.15) is 0 Å². The van der Waals surface area contributed by atoms with Crippen LogP contribution in [0.4, 0.5) is 0 Å². The second-order valence-corrected chi connectivity index (χ2v) is 10.0. The summed E-state index contributed by atoms with van der Waals surface area (Å²) in [5.41, 5.74) is 0.393. The van der Waals surface area contributed by atoms with E-state index in [1.165, 1.54) is 0 Å². The molecule has 2 heterocycles. The zero-order chi connectivity index (χ0) is 19.2. The highest BCUT2D eigenvalue weighted by Gasteiger charge is 2.30. The number of amides is 1. The van der Waals surface area contributed by atoms with E-state index >= 15 is 0 Å². The average Bonchev–Trinajstić information content (AvgIpc) is 2.88. The molecule has 0 radical (unpaired) electrons. The standard InChI is InChI=1S/C19H31N3O3S/c1-19(2,3)18(23)21(16-17-8-10-20-11-9-17)14-15-26(24,25)22-12-6-4-5-7-13-22/h8-11H,4-7,12-16H2,1-3H3. The van der Waals surface area contributed by atoms with E-state index in [0.717, 1.165) is 31.2 Å². The van der Waals surface area contributed by atoms with Crippen LogP contribution in [0.15, 0.2) is 24.5 Å². The lowest BCUT2D eigenvalue weighted by Crippen LogP contribution is -2.43. The molecule has 0 bridgehead atoms. The summed E-state index contributed by atoms with van der Waals surface area (Å²) in [6.07, 6.45) is 7.37. The van der Waals surface area contributed by atoms with E-state index in [9.17, 15) is 13.2 Å². The van der Waals surface area contributed by atoms with E-state index in [4.69, 9.17) is 0 Å². The first kappa shape index (κ1) is 20.8. The van der Waals surface area contributed by atoms with Crippen LogP contribution < -0.4 is 0 Å². The van der Waals surface area contributed by atoms with Gasteiger partial charge < -0.3 is 4.90 Å². The Bertz CT molecular complexity index is 676. The number of pyridine rings is 1. The highest BCUT2D eigenvalue weighted by atomic mass is 32.2. The van der Waals surface area contributed by atoms with E-state index in [0.29, 0.717) is 19.6 Å². The minimum atomic E-state index is -3.35. The summed E-state index contributed by atoms with van der Waals surface area (Å²) in [5.74, 6) is -0.0692. The van der Waals surface area contributed by atoms with Crippen molar-refractivity contribution in [2.45, 2.75) is 53.0 Å². The Hall–Kier alpha value is -1.47. The van der Waals surface area contributed by atoms with Crippen LogP contribution in [0.3, 0.4) is 0 Å². The summed E-state index contributed by atoms with van der Waals surface area (Å²) in [6.45, 7) is 7.37. The van der Waals surface area contributed by atoms with Crippen molar-refractivity contribution in [3.05, 3.63) is 30.1 Å². The molecule has 1 aliphatic heterocycles. The number of carbonyl (C=O) groups excluding carboxylic acids is 1. The Kier molecular flexibility index (Phi) is 7.17. The second kappa shape index (κ2) is 8.95. The highest BCUT2D eigenvalue weighted by molar-refractivity contribution is 7.89. The van der Waals surface area contributed by atoms with Gasteiger partial charge in [-0.15, -0.1) is 0 Å². The predicted molar refractivity (Wildman–Crippen MR) is 103 cm³/mol. The first-order valence-electron chi connectivity index (χ1n) is 9.36. The molecule has 0 unspecified atom stereocenters. The molecule has 1 amide bonds. The molecule has 2 rings (SSSR count). The minimum Gasteiger partial charge on any atom is -0.337 e. The van der Waals surface area contributed by atoms with Crippen LogP contribution >= 0.6 is 0 Å². The van der Waals surface area contributed by atoms with E-state index in [2.05, 4.69) is 4.98 Å². The fourth-order valence-corrected chi connectivity index (χ4v) is 4.63. The smallest absolute Gasteiger partial charge is 0.228 e. The Morgan fingerprint density at radius 2 is 1.69 bits per heavy atom. The van der Waals surface area contributed by atoms with Gasteiger partial charge >= 0.3 is 0 Å². The largest absolute Gasteiger partial charge is 0.337 e. The zero-order valence-corrected chi connectivity index (χ0v) is 17.0. The van der Waals surface area contributed by atoms with Crippen LogP contribution in [0, 0.1) is 5.41 Å². The molecular formula is C19H31N3O3S. The third-order valence-corrected chi connectivity index (χ3v) is 6.48. The third kappa shape index (κ3) is 6.06. The van der Waals surface area contributed by atoms with Gasteiger partial charge in [-0.2, -0.15) is 0 Å². The van der Waals surface area contributed by atoms with Crippen molar-refractivity contribution in [1.29, 1.82) is 0 Å². The molecule has 7 heteroatoms. The summed E-state index contributed by atoms with van der Waals surface area (Å²) >= 11 is 0. The number of hydrogen-bond acceptors (Lipinski definition) is 4. The van der Waals surface area contributed by atoms with Gasteiger partial charge in [0.25, 0.3) is 0 Å². The van der Waals surface area contributed by atoms with Crippen molar-refractivity contribution < 1.29 is 13.2 Å². The van der Waals surface area contributed by atoms with Crippen molar-refractivity contribution in [3.63, 3.8) is 0 Å². The van der Waals surface area contributed by atoms with E-state index in [1.54, 1.807) is 21.6 Å². The molecule has 6 nitrogen and oxygen atoms in total. The fourth-order valence-electron chi connectivity index (χ4n) is 3.11. The minimum absolute atomic E-state index is 0.0279. The quantitative estimate of drug-likeness (QED) is 0.759. The molecule has 1 aliphatic rings. The molecule has 1 aromatic heterocycles. The molecule has 0 aromatic carbocycles. The van der Waals surface area contributed by atoms with Crippen LogP contribution in [-0.2, 0) is 21.4 Å². The number of aromatic nitrogens is 1. The van der Waals surface area contributed by atoms with Gasteiger partial charge in [0.2, 0.25) is 15.9 Å². The van der Waals surface area contributed by atoms with Crippen molar-refractivity contribution >= 4 is 15.9 Å². The van der Waals surface area contributed by atoms with Gasteiger partial charge in [-0.25, -0.2) is 12.7 Å². The summed E-state index contributed by atoms with van der Waals surface area (Å²) in [6, 6.07) is 3.71. The molecule has 146 valence electrons. The van der Waals surface area contributed by atoms with Gasteiger partial charge in [0, 0.05) is 44.0 Å². The number of rotatable bonds is 6. The van der Waals surface area contributed by atoms with E-state index in [-0.39, 0.29) is 18.2 Å². The van der Waals surface area contributed by atoms with Gasteiger partial charge in [0.05, 0.1) is 5.75 Å². The highest BCUT2D eigenvalue weighted by Crippen LogP contribution is 2.20. The SMILES string of the molecule is CC(C)(C)C(=O)N(CCS(=O)(=O)N1CCCCCC1)Cc1ccncc1. The van der Waals surface area contributed by atoms with Crippen LogP contribution in [0.25, 0.3) is 0 Å². The molecular weight excluding hydrogens is 350 g/mol. The van der Waals surface area contributed by atoms with Gasteiger partial charge in [-0.05, 0) is 30.5 Å². The summed E-state index contributed by atoms with van der Waals surface area (Å²) in [5, 5.41) is 0. The third-order valence-electron chi connectivity index (χ3n) is 4.63. The van der Waals surface area contributed by atoms with Crippen molar-refractivity contribution in [2.24, 2.45) is 5.41 Å². The Labute approximate surface area is 157 Å². The molecule has 0 saturated carbocycles. The molecule has 1 saturated heterocycles. The molecule has 0 aliphatic carbocycles. The number of sulfonamides is 1. The Morgan fingerprint density at radius 3 is 2.23 bits per heavy atom. The number of nitrogens with zero attached hydrogens (tertiary/aromatic N) is 3. The maximum absolute atomic E-state index is 12.8. The van der Waals surface area contributed by atoms with Crippen LogP contribution in [0.1, 0.15) is 52.0 Å². The predicted octanol–water partition coefficient (Wildman–Crippen LogP) is 2.66. The topological polar surface area (TPSA) is 70.6 Å². The first-order chi connectivity index (χ1) is 12.2. The number of carbonyl (C=O) groups is 1. The van der Waals surface area contributed by atoms with Crippen molar-refractivity contribution in [1.82, 2.24) is 14.2 Å². The fraction of sp³-hybridized carbons (Fsp3) is 0.684. The second-order valence-electron chi connectivity index (χ2n) is 7.96. The van der Waals surface area contributed by atoms with Crippen molar-refractivity contribution in [3.8, 4) is 0 Å². The zero-order valence-electron chi connectivity index (χ0n) is 16.1. The Morgan fingerprint density at radius 1 is 1.12 bits per heavy atom. The first-order valence-corrected chi connectivity index (χ1v) is 11.0. The lowest BCUT2D eigenvalue weighted by Gasteiger charge is -2.30. The lowest BCUT2D eigenvalue weighted by atomic mass is 9.94. The number of hydrogen-bond donors (Lipinski definition) is 0. The average molecular weight is 382 g/mol. The molecule has 0 N–H and O–H groups in total. The molecule has 1 fully saturated rings. The van der Waals surface area contributed by atoms with E-state index in [1.807, 2.05) is 32.9 Å². The van der Waals surface area contributed by atoms with E-state index < -0.39 is 15.4 Å². The maximum Gasteiger partial charge on any atom is 0.228 e. The molecule has 0 atom stereocenters. The molecule has 0 spiro atoms. The summed E-state index contributed by atoms with van der Waals surface area (Å²) < 4.78 is 27.1. The summed E-state index contributed by atoms with van der Waals surface area (Å²) in [4.78, 5) is 18.5. The monoisotopic (exact) mass is 381 g/mol. The van der Waals surface area contributed by atoms with Gasteiger partial charge in [-0.3, -0.25) is 9.78 Å². The van der Waals surface area contributed by atoms with Crippen molar-refractivity contribution in [2.75, 3.05) is 25.4 Å².